The van der Waals surface area contributed by atoms with Crippen molar-refractivity contribution in [3.8, 4) is 0 Å². The van der Waals surface area contributed by atoms with Gasteiger partial charge >= 0.3 is 6.09 Å². The quantitative estimate of drug-likeness (QED) is 0.859. The smallest absolute Gasteiger partial charge is 0.407 e. The Labute approximate surface area is 132 Å². The maximum atomic E-state index is 11.5. The average molecular weight is 306 g/mol. The van der Waals surface area contributed by atoms with E-state index in [0.29, 0.717) is 17.3 Å². The van der Waals surface area contributed by atoms with Gasteiger partial charge in [-0.05, 0) is 51.2 Å². The van der Waals surface area contributed by atoms with E-state index in [9.17, 15) is 9.59 Å². The highest BCUT2D eigenvalue weighted by molar-refractivity contribution is 5.75. The van der Waals surface area contributed by atoms with Crippen molar-refractivity contribution in [2.75, 3.05) is 0 Å². The molecule has 1 aliphatic carbocycles. The van der Waals surface area contributed by atoms with Crippen molar-refractivity contribution in [1.82, 2.24) is 10.3 Å². The molecule has 1 aromatic rings. The van der Waals surface area contributed by atoms with Gasteiger partial charge in [0.15, 0.2) is 6.29 Å². The number of aldehydes is 1. The minimum Gasteiger partial charge on any atom is -0.444 e. The maximum absolute atomic E-state index is 11.5. The lowest BCUT2D eigenvalue weighted by Gasteiger charge is -2.19. The summed E-state index contributed by atoms with van der Waals surface area (Å²) < 4.78 is 5.14. The topological polar surface area (TPSA) is 68.3 Å². The van der Waals surface area contributed by atoms with Crippen molar-refractivity contribution in [2.24, 2.45) is 0 Å². The Balaban J connectivity index is 0.00000116. The first-order valence-electron chi connectivity index (χ1n) is 7.81. The van der Waals surface area contributed by atoms with Crippen LogP contribution in [-0.4, -0.2) is 23.0 Å². The van der Waals surface area contributed by atoms with E-state index < -0.39 is 11.7 Å². The second-order valence-electron chi connectivity index (χ2n) is 6.02. The van der Waals surface area contributed by atoms with Crippen LogP contribution >= 0.6 is 0 Å². The van der Waals surface area contributed by atoms with Gasteiger partial charge in [0.1, 0.15) is 11.3 Å². The zero-order valence-electron chi connectivity index (χ0n) is 14.1. The van der Waals surface area contributed by atoms with Gasteiger partial charge in [-0.3, -0.25) is 4.79 Å². The number of nitrogens with zero attached hydrogens (tertiary/aromatic N) is 1. The lowest BCUT2D eigenvalue weighted by molar-refractivity contribution is 0.0523. The molecule has 22 heavy (non-hydrogen) atoms. The molecule has 0 atom stereocenters. The summed E-state index contributed by atoms with van der Waals surface area (Å²) in [5.41, 5.74) is 1.63. The Kier molecular flexibility index (Phi) is 6.53. The molecule has 0 spiro atoms. The zero-order chi connectivity index (χ0) is 16.8. The summed E-state index contributed by atoms with van der Waals surface area (Å²) in [7, 11) is 0. The number of rotatable bonds is 4. The Morgan fingerprint density at radius 1 is 1.36 bits per heavy atom. The van der Waals surface area contributed by atoms with Gasteiger partial charge in [0.25, 0.3) is 0 Å². The molecule has 0 radical (unpaired) electrons. The minimum absolute atomic E-state index is 0.251. The van der Waals surface area contributed by atoms with Crippen LogP contribution in [0.4, 0.5) is 4.79 Å². The number of hydrogen-bond donors (Lipinski definition) is 1. The Hall–Kier alpha value is -1.91. The number of ether oxygens (including phenoxy) is 1. The molecule has 1 heterocycles. The highest BCUT2D eigenvalue weighted by atomic mass is 16.6. The third kappa shape index (κ3) is 5.84. The van der Waals surface area contributed by atoms with Crippen LogP contribution in [0.2, 0.25) is 0 Å². The lowest BCUT2D eigenvalue weighted by Crippen LogP contribution is -2.32. The second kappa shape index (κ2) is 7.92. The fourth-order valence-electron chi connectivity index (χ4n) is 1.94. The number of aromatic nitrogens is 1. The molecule has 1 amide bonds. The van der Waals surface area contributed by atoms with Crippen LogP contribution in [0.3, 0.4) is 0 Å². The van der Waals surface area contributed by atoms with Gasteiger partial charge in [0.2, 0.25) is 0 Å². The molecule has 1 aromatic heterocycles. The van der Waals surface area contributed by atoms with Gasteiger partial charge in [-0.15, -0.1) is 0 Å². The van der Waals surface area contributed by atoms with E-state index in [0.717, 1.165) is 24.7 Å². The lowest BCUT2D eigenvalue weighted by atomic mass is 10.1. The van der Waals surface area contributed by atoms with Crippen molar-refractivity contribution in [1.29, 1.82) is 0 Å². The van der Waals surface area contributed by atoms with Crippen LogP contribution < -0.4 is 5.32 Å². The molecule has 1 aliphatic rings. The standard InChI is InChI=1S/C15H20N2O3.C2H6/c1-15(2,3)20-14(19)16-8-11-6-7-12(10-4-5-10)13(9-18)17-11;1-2/h6-7,9-10H,4-5,8H2,1-3H3,(H,16,19);1-2H3. The third-order valence-corrected chi connectivity index (χ3v) is 2.96. The van der Waals surface area contributed by atoms with E-state index in [2.05, 4.69) is 10.3 Å². The zero-order valence-corrected chi connectivity index (χ0v) is 14.1. The van der Waals surface area contributed by atoms with Crippen molar-refractivity contribution < 1.29 is 14.3 Å². The summed E-state index contributed by atoms with van der Waals surface area (Å²) in [5, 5.41) is 2.63. The summed E-state index contributed by atoms with van der Waals surface area (Å²) in [5.74, 6) is 0.482. The fraction of sp³-hybridized carbons (Fsp3) is 0.588. The highest BCUT2D eigenvalue weighted by Crippen LogP contribution is 2.40. The van der Waals surface area contributed by atoms with E-state index in [1.54, 1.807) is 20.8 Å². The van der Waals surface area contributed by atoms with E-state index in [-0.39, 0.29) is 6.54 Å². The molecular formula is C17H26N2O3. The van der Waals surface area contributed by atoms with Crippen LogP contribution in [-0.2, 0) is 11.3 Å². The molecular weight excluding hydrogens is 280 g/mol. The predicted molar refractivity (Wildman–Crippen MR) is 86.0 cm³/mol. The van der Waals surface area contributed by atoms with E-state index >= 15 is 0 Å². The molecule has 1 N–H and O–H groups in total. The first kappa shape index (κ1) is 18.1. The molecule has 5 nitrogen and oxygen atoms in total. The summed E-state index contributed by atoms with van der Waals surface area (Å²) in [6.07, 6.45) is 2.54. The monoisotopic (exact) mass is 306 g/mol. The summed E-state index contributed by atoms with van der Waals surface area (Å²) >= 11 is 0. The molecule has 0 unspecified atom stereocenters. The number of hydrogen-bond acceptors (Lipinski definition) is 4. The van der Waals surface area contributed by atoms with Crippen LogP contribution in [0.25, 0.3) is 0 Å². The number of alkyl carbamates (subject to hydrolysis) is 1. The summed E-state index contributed by atoms with van der Waals surface area (Å²) in [6.45, 7) is 9.67. The van der Waals surface area contributed by atoms with Crippen LogP contribution in [0.15, 0.2) is 12.1 Å². The SMILES string of the molecule is CC.CC(C)(C)OC(=O)NCc1ccc(C2CC2)c(C=O)n1. The fourth-order valence-corrected chi connectivity index (χ4v) is 1.94. The molecule has 0 bridgehead atoms. The molecule has 1 fully saturated rings. The Morgan fingerprint density at radius 2 is 2.00 bits per heavy atom. The highest BCUT2D eigenvalue weighted by Gasteiger charge is 2.26. The van der Waals surface area contributed by atoms with Crippen molar-refractivity contribution >= 4 is 12.4 Å². The second-order valence-corrected chi connectivity index (χ2v) is 6.02. The minimum atomic E-state index is -0.526. The first-order valence-corrected chi connectivity index (χ1v) is 7.81. The normalized spacial score (nSPS) is 13.7. The third-order valence-electron chi connectivity index (χ3n) is 2.96. The molecule has 122 valence electrons. The van der Waals surface area contributed by atoms with Gasteiger partial charge in [0, 0.05) is 0 Å². The molecule has 0 aromatic carbocycles. The number of nitrogens with one attached hydrogen (secondary N) is 1. The number of carbonyl (C=O) groups excluding carboxylic acids is 2. The molecule has 5 heteroatoms. The van der Waals surface area contributed by atoms with E-state index in [1.165, 1.54) is 0 Å². The van der Waals surface area contributed by atoms with Crippen molar-refractivity contribution in [2.45, 2.75) is 65.5 Å². The van der Waals surface area contributed by atoms with Crippen LogP contribution in [0.1, 0.15) is 75.1 Å². The molecule has 2 rings (SSSR count). The molecule has 0 aliphatic heterocycles. The van der Waals surface area contributed by atoms with Gasteiger partial charge in [0.05, 0.1) is 12.2 Å². The van der Waals surface area contributed by atoms with Crippen LogP contribution in [0, 0.1) is 0 Å². The Morgan fingerprint density at radius 3 is 2.50 bits per heavy atom. The Bertz CT molecular complexity index is 517. The van der Waals surface area contributed by atoms with Crippen molar-refractivity contribution in [3.63, 3.8) is 0 Å². The van der Waals surface area contributed by atoms with Gasteiger partial charge in [-0.2, -0.15) is 0 Å². The van der Waals surface area contributed by atoms with E-state index in [4.69, 9.17) is 4.74 Å². The predicted octanol–water partition coefficient (Wildman–Crippen LogP) is 3.82. The number of amides is 1. The van der Waals surface area contributed by atoms with Crippen LogP contribution in [0.5, 0.6) is 0 Å². The number of carbonyl (C=O) groups is 2. The average Bonchev–Trinajstić information content (AvgIpc) is 3.29. The molecule has 1 saturated carbocycles. The summed E-state index contributed by atoms with van der Waals surface area (Å²) in [6, 6.07) is 3.78. The molecule has 0 saturated heterocycles. The summed E-state index contributed by atoms with van der Waals surface area (Å²) in [4.78, 5) is 26.9. The van der Waals surface area contributed by atoms with Crippen molar-refractivity contribution in [3.05, 3.63) is 29.1 Å². The largest absolute Gasteiger partial charge is 0.444 e. The number of pyridine rings is 1. The first-order chi connectivity index (χ1) is 10.4. The maximum Gasteiger partial charge on any atom is 0.407 e. The van der Waals surface area contributed by atoms with Gasteiger partial charge < -0.3 is 10.1 Å². The van der Waals surface area contributed by atoms with Gasteiger partial charge in [-0.25, -0.2) is 9.78 Å². The van der Waals surface area contributed by atoms with Gasteiger partial charge in [-0.1, -0.05) is 19.9 Å². The van der Waals surface area contributed by atoms with E-state index in [1.807, 2.05) is 26.0 Å².